The lowest BCUT2D eigenvalue weighted by atomic mass is 10.2. The highest BCUT2D eigenvalue weighted by atomic mass is 79.9. The first-order valence-electron chi connectivity index (χ1n) is 2.41. The molecule has 0 aliphatic carbocycles. The molecule has 0 saturated carbocycles. The Hall–Kier alpha value is 0.280. The highest BCUT2D eigenvalue weighted by Crippen LogP contribution is 1.92. The topological polar surface area (TPSA) is 0 Å². The fourth-order valence-electron chi connectivity index (χ4n) is 0.534. The molecule has 0 atom stereocenters. The molecule has 0 N–H and O–H groups in total. The van der Waals surface area contributed by atoms with Gasteiger partial charge in [-0.2, -0.15) is 0 Å². The normalized spacial score (nSPS) is 6.10. The van der Waals surface area contributed by atoms with Gasteiger partial charge in [0.1, 0.15) is 0 Å². The third-order valence-corrected chi connectivity index (χ3v) is 0.940. The van der Waals surface area contributed by atoms with Gasteiger partial charge in [0.15, 0.2) is 0 Å². The van der Waals surface area contributed by atoms with Crippen LogP contribution in [0.5, 0.6) is 0 Å². The first-order valence-corrected chi connectivity index (χ1v) is 2.41. The summed E-state index contributed by atoms with van der Waals surface area (Å²) in [7, 11) is 0. The highest BCUT2D eigenvalue weighted by molar-refractivity contribution is 8.93. The molecule has 0 aromatic heterocycles. The summed E-state index contributed by atoms with van der Waals surface area (Å²) in [6.45, 7) is 2.08. The lowest BCUT2D eigenvalue weighted by molar-refractivity contribution is 1.48. The lowest BCUT2D eigenvalue weighted by Gasteiger charge is -1.82. The maximum atomic E-state index is 2.08. The smallest absolute Gasteiger partial charge is 0.0398 e. The average Bonchev–Trinajstić information content (AvgIpc) is 1.69. The van der Waals surface area contributed by atoms with E-state index in [1.165, 1.54) is 5.56 Å². The maximum Gasteiger partial charge on any atom is -0.0398 e. The van der Waals surface area contributed by atoms with Gasteiger partial charge in [0.25, 0.3) is 0 Å². The van der Waals surface area contributed by atoms with Crippen molar-refractivity contribution in [2.45, 2.75) is 6.92 Å². The van der Waals surface area contributed by atoms with Crippen LogP contribution in [0.1, 0.15) is 5.56 Å². The van der Waals surface area contributed by atoms with Crippen molar-refractivity contribution in [2.24, 2.45) is 0 Å². The third-order valence-electron chi connectivity index (χ3n) is 0.940. The van der Waals surface area contributed by atoms with E-state index in [0.717, 1.165) is 0 Å². The van der Waals surface area contributed by atoms with Crippen LogP contribution in [0.25, 0.3) is 0 Å². The molecule has 0 fully saturated rings. The van der Waals surface area contributed by atoms with Crippen LogP contribution in [-0.4, -0.2) is 0 Å². The van der Waals surface area contributed by atoms with Crippen LogP contribution >= 0.6 is 41.8 Å². The van der Waals surface area contributed by atoms with E-state index in [1.54, 1.807) is 0 Å². The number of benzene rings is 1. The minimum Gasteiger partial charge on any atom is -0.147 e. The van der Waals surface area contributed by atoms with Gasteiger partial charge in [-0.25, -0.2) is 0 Å². The molecule has 0 nitrogen and oxygen atoms in total. The van der Waals surface area contributed by atoms with Gasteiger partial charge < -0.3 is 0 Å². The minimum atomic E-state index is 0. The molecule has 1 rings (SSSR count). The molecule has 60 valence electrons. The van der Waals surface area contributed by atoms with Gasteiger partial charge in [-0.3, -0.25) is 0 Å². The van der Waals surface area contributed by atoms with Crippen molar-refractivity contribution >= 4 is 41.8 Å². The maximum absolute atomic E-state index is 2.08. The van der Waals surface area contributed by atoms with Crippen LogP contribution in [0.15, 0.2) is 30.3 Å². The van der Waals surface area contributed by atoms with Gasteiger partial charge in [0, 0.05) is 0 Å². The SMILES string of the molecule is Br.Cc1ccccc1.Cl.Cl. The summed E-state index contributed by atoms with van der Waals surface area (Å²) >= 11 is 0. The third kappa shape index (κ3) is 6.40. The Bertz CT molecular complexity index is 142. The van der Waals surface area contributed by atoms with E-state index >= 15 is 0 Å². The lowest BCUT2D eigenvalue weighted by Crippen LogP contribution is -1.62. The second-order valence-corrected chi connectivity index (χ2v) is 1.65. The van der Waals surface area contributed by atoms with E-state index in [1.807, 2.05) is 18.2 Å². The molecule has 0 saturated heterocycles. The Morgan fingerprint density at radius 1 is 0.900 bits per heavy atom. The van der Waals surface area contributed by atoms with Gasteiger partial charge in [0.05, 0.1) is 0 Å². The van der Waals surface area contributed by atoms with Crippen LogP contribution < -0.4 is 0 Å². The van der Waals surface area contributed by atoms with E-state index in [0.29, 0.717) is 0 Å². The van der Waals surface area contributed by atoms with E-state index < -0.39 is 0 Å². The second kappa shape index (κ2) is 9.28. The average molecular weight is 246 g/mol. The summed E-state index contributed by atoms with van der Waals surface area (Å²) in [5, 5.41) is 0. The highest BCUT2D eigenvalue weighted by Gasteiger charge is 1.72. The van der Waals surface area contributed by atoms with Crippen molar-refractivity contribution in [1.29, 1.82) is 0 Å². The molecule has 3 heteroatoms. The van der Waals surface area contributed by atoms with Crippen molar-refractivity contribution < 1.29 is 0 Å². The van der Waals surface area contributed by atoms with Crippen molar-refractivity contribution in [3.63, 3.8) is 0 Å². The number of rotatable bonds is 0. The van der Waals surface area contributed by atoms with Crippen LogP contribution in [0.4, 0.5) is 0 Å². The standard InChI is InChI=1S/C7H8.BrH.2ClH/c1-7-5-3-2-4-6-7;;;/h2-6H,1H3;3*1H. The predicted molar refractivity (Wildman–Crippen MR) is 56.0 cm³/mol. The summed E-state index contributed by atoms with van der Waals surface area (Å²) in [6, 6.07) is 10.3. The molecular weight excluding hydrogens is 235 g/mol. The minimum absolute atomic E-state index is 0. The Morgan fingerprint density at radius 2 is 1.30 bits per heavy atom. The summed E-state index contributed by atoms with van der Waals surface area (Å²) in [5.74, 6) is 0. The summed E-state index contributed by atoms with van der Waals surface area (Å²) < 4.78 is 0. The first kappa shape index (κ1) is 16.7. The van der Waals surface area contributed by atoms with Crippen molar-refractivity contribution in [2.75, 3.05) is 0 Å². The van der Waals surface area contributed by atoms with Crippen molar-refractivity contribution in [1.82, 2.24) is 0 Å². The summed E-state index contributed by atoms with van der Waals surface area (Å²) in [5.41, 5.74) is 1.32. The first-order chi connectivity index (χ1) is 3.39. The Balaban J connectivity index is -0.000000163. The van der Waals surface area contributed by atoms with E-state index in [4.69, 9.17) is 0 Å². The van der Waals surface area contributed by atoms with Gasteiger partial charge in [-0.15, -0.1) is 41.8 Å². The molecule has 0 aliphatic rings. The Kier molecular flexibility index (Phi) is 15.5. The van der Waals surface area contributed by atoms with Crippen LogP contribution in [0.3, 0.4) is 0 Å². The zero-order chi connectivity index (χ0) is 5.11. The molecule has 0 aliphatic heterocycles. The molecular formula is C7H11BrCl2. The van der Waals surface area contributed by atoms with Crippen molar-refractivity contribution in [3.8, 4) is 0 Å². The fraction of sp³-hybridized carbons (Fsp3) is 0.143. The molecule has 0 bridgehead atoms. The van der Waals surface area contributed by atoms with Gasteiger partial charge in [-0.05, 0) is 6.92 Å². The second-order valence-electron chi connectivity index (χ2n) is 1.65. The van der Waals surface area contributed by atoms with Gasteiger partial charge in [0.2, 0.25) is 0 Å². The number of halogens is 3. The summed E-state index contributed by atoms with van der Waals surface area (Å²) in [6.07, 6.45) is 0. The monoisotopic (exact) mass is 244 g/mol. The fourth-order valence-corrected chi connectivity index (χ4v) is 0.534. The molecule has 1 aromatic rings. The summed E-state index contributed by atoms with van der Waals surface area (Å²) in [4.78, 5) is 0. The van der Waals surface area contributed by atoms with E-state index in [9.17, 15) is 0 Å². The predicted octanol–water partition coefficient (Wildman–Crippen LogP) is 3.42. The zero-order valence-electron chi connectivity index (χ0n) is 5.61. The van der Waals surface area contributed by atoms with Crippen molar-refractivity contribution in [3.05, 3.63) is 35.9 Å². The van der Waals surface area contributed by atoms with Crippen LogP contribution in [0.2, 0.25) is 0 Å². The van der Waals surface area contributed by atoms with Crippen LogP contribution in [-0.2, 0) is 0 Å². The van der Waals surface area contributed by atoms with Gasteiger partial charge in [-0.1, -0.05) is 35.9 Å². The number of hydrogen-bond donors (Lipinski definition) is 0. The number of aryl methyl sites for hydroxylation is 1. The zero-order valence-corrected chi connectivity index (χ0v) is 8.96. The molecule has 0 heterocycles. The number of hydrogen-bond acceptors (Lipinski definition) is 0. The van der Waals surface area contributed by atoms with E-state index in [-0.39, 0.29) is 41.8 Å². The Labute approximate surface area is 84.6 Å². The molecule has 10 heavy (non-hydrogen) atoms. The van der Waals surface area contributed by atoms with Crippen LogP contribution in [0, 0.1) is 6.92 Å². The van der Waals surface area contributed by atoms with Gasteiger partial charge >= 0.3 is 0 Å². The molecule has 0 spiro atoms. The van der Waals surface area contributed by atoms with E-state index in [2.05, 4.69) is 19.1 Å². The molecule has 1 aromatic carbocycles. The molecule has 0 unspecified atom stereocenters. The molecule has 0 amide bonds. The molecule has 0 radical (unpaired) electrons. The quantitative estimate of drug-likeness (QED) is 0.657. The Morgan fingerprint density at radius 3 is 1.50 bits per heavy atom. The largest absolute Gasteiger partial charge is 0.147 e.